The summed E-state index contributed by atoms with van der Waals surface area (Å²) in [7, 11) is 0.630. The van der Waals surface area contributed by atoms with E-state index in [-0.39, 0.29) is 29.5 Å². The van der Waals surface area contributed by atoms with Crippen LogP contribution in [0.5, 0.6) is 5.75 Å². The number of benzene rings is 1. The molecule has 0 aromatic heterocycles. The van der Waals surface area contributed by atoms with Crippen LogP contribution in [0, 0.1) is 0 Å². The highest BCUT2D eigenvalue weighted by Gasteiger charge is 2.23. The predicted molar refractivity (Wildman–Crippen MR) is 91.6 cm³/mol. The van der Waals surface area contributed by atoms with Gasteiger partial charge in [-0.15, -0.1) is 0 Å². The van der Waals surface area contributed by atoms with Crippen molar-refractivity contribution in [1.29, 1.82) is 0 Å². The average molecular weight is 359 g/mol. The molecule has 1 atom stereocenters. The summed E-state index contributed by atoms with van der Waals surface area (Å²) in [6, 6.07) is 4.48. The van der Waals surface area contributed by atoms with Gasteiger partial charge < -0.3 is 20.5 Å². The molecule has 3 N–H and O–H groups in total. The van der Waals surface area contributed by atoms with Gasteiger partial charge in [-0.2, -0.15) is 0 Å². The Labute approximate surface area is 143 Å². The SMILES string of the molecule is CCOc1ccc(NC(=O)CC(CN)OC)cc1S(=O)(=O)N(C)C. The van der Waals surface area contributed by atoms with Gasteiger partial charge in [0.1, 0.15) is 10.6 Å². The molecule has 1 amide bonds. The van der Waals surface area contributed by atoms with Gasteiger partial charge in [-0.1, -0.05) is 0 Å². The summed E-state index contributed by atoms with van der Waals surface area (Å²) >= 11 is 0. The minimum absolute atomic E-state index is 0.00531. The number of methoxy groups -OCH3 is 1. The van der Waals surface area contributed by atoms with E-state index >= 15 is 0 Å². The number of hydrogen-bond acceptors (Lipinski definition) is 6. The summed E-state index contributed by atoms with van der Waals surface area (Å²) < 4.78 is 36.4. The molecular weight excluding hydrogens is 334 g/mol. The molecule has 0 saturated heterocycles. The van der Waals surface area contributed by atoms with Crippen molar-refractivity contribution in [1.82, 2.24) is 4.31 Å². The molecule has 1 unspecified atom stereocenters. The number of sulfonamides is 1. The number of anilines is 1. The molecule has 136 valence electrons. The standard InChI is InChI=1S/C15H25N3O5S/c1-5-23-13-7-6-11(8-14(13)24(20,21)18(2)3)17-15(19)9-12(10-16)22-4/h6-8,12H,5,9-10,16H2,1-4H3,(H,17,19). The number of carbonyl (C=O) groups is 1. The van der Waals surface area contributed by atoms with Gasteiger partial charge in [-0.05, 0) is 25.1 Å². The van der Waals surface area contributed by atoms with E-state index in [1.165, 1.54) is 33.3 Å². The fraction of sp³-hybridized carbons (Fsp3) is 0.533. The van der Waals surface area contributed by atoms with E-state index in [9.17, 15) is 13.2 Å². The Morgan fingerprint density at radius 3 is 2.54 bits per heavy atom. The third-order valence-corrected chi connectivity index (χ3v) is 5.13. The predicted octanol–water partition coefficient (Wildman–Crippen LogP) is 0.638. The molecule has 0 radical (unpaired) electrons. The van der Waals surface area contributed by atoms with Crippen LogP contribution >= 0.6 is 0 Å². The first-order valence-electron chi connectivity index (χ1n) is 7.48. The van der Waals surface area contributed by atoms with E-state index in [1.807, 2.05) is 0 Å². The van der Waals surface area contributed by atoms with Gasteiger partial charge in [0.25, 0.3) is 0 Å². The third kappa shape index (κ3) is 5.17. The fourth-order valence-corrected chi connectivity index (χ4v) is 2.99. The van der Waals surface area contributed by atoms with Gasteiger partial charge >= 0.3 is 0 Å². The van der Waals surface area contributed by atoms with E-state index in [2.05, 4.69) is 5.32 Å². The Morgan fingerprint density at radius 2 is 2.04 bits per heavy atom. The van der Waals surface area contributed by atoms with Gasteiger partial charge in [0.15, 0.2) is 0 Å². The number of rotatable bonds is 9. The van der Waals surface area contributed by atoms with Gasteiger partial charge in [0.2, 0.25) is 15.9 Å². The van der Waals surface area contributed by atoms with Crippen LogP contribution in [0.3, 0.4) is 0 Å². The molecule has 0 heterocycles. The van der Waals surface area contributed by atoms with E-state index in [4.69, 9.17) is 15.2 Å². The first-order chi connectivity index (χ1) is 11.3. The molecule has 0 aliphatic heterocycles. The third-order valence-electron chi connectivity index (χ3n) is 3.30. The summed E-state index contributed by atoms with van der Waals surface area (Å²) in [4.78, 5) is 12.0. The van der Waals surface area contributed by atoms with E-state index in [0.29, 0.717) is 12.3 Å². The van der Waals surface area contributed by atoms with Crippen LogP contribution in [-0.4, -0.2) is 59.1 Å². The lowest BCUT2D eigenvalue weighted by Gasteiger charge is -2.17. The van der Waals surface area contributed by atoms with Crippen molar-refractivity contribution in [3.63, 3.8) is 0 Å². The normalized spacial score (nSPS) is 12.9. The van der Waals surface area contributed by atoms with Gasteiger partial charge in [-0.3, -0.25) is 4.79 Å². The number of nitrogens with two attached hydrogens (primary N) is 1. The highest BCUT2D eigenvalue weighted by atomic mass is 32.2. The lowest BCUT2D eigenvalue weighted by atomic mass is 10.2. The van der Waals surface area contributed by atoms with Crippen LogP contribution in [0.25, 0.3) is 0 Å². The number of nitrogens with zero attached hydrogens (tertiary/aromatic N) is 1. The molecule has 0 fully saturated rings. The van der Waals surface area contributed by atoms with Crippen LogP contribution in [-0.2, 0) is 19.6 Å². The van der Waals surface area contributed by atoms with Gasteiger partial charge in [0.05, 0.1) is 19.1 Å². The Bertz CT molecular complexity index is 657. The molecule has 0 saturated carbocycles. The minimum atomic E-state index is -3.71. The minimum Gasteiger partial charge on any atom is -0.492 e. The highest BCUT2D eigenvalue weighted by Crippen LogP contribution is 2.29. The van der Waals surface area contributed by atoms with Gasteiger partial charge in [-0.25, -0.2) is 12.7 Å². The number of hydrogen-bond donors (Lipinski definition) is 2. The Hall–Kier alpha value is -1.68. The van der Waals surface area contributed by atoms with Crippen molar-refractivity contribution in [3.05, 3.63) is 18.2 Å². The van der Waals surface area contributed by atoms with Crippen LogP contribution in [0.15, 0.2) is 23.1 Å². The average Bonchev–Trinajstić information content (AvgIpc) is 2.53. The first kappa shape index (κ1) is 20.4. The van der Waals surface area contributed by atoms with Crippen LogP contribution in [0.2, 0.25) is 0 Å². The first-order valence-corrected chi connectivity index (χ1v) is 8.92. The maximum absolute atomic E-state index is 12.4. The second-order valence-electron chi connectivity index (χ2n) is 5.23. The van der Waals surface area contributed by atoms with Crippen molar-refractivity contribution in [2.75, 3.05) is 39.7 Å². The zero-order chi connectivity index (χ0) is 18.3. The van der Waals surface area contributed by atoms with Crippen LogP contribution in [0.1, 0.15) is 13.3 Å². The molecular formula is C15H25N3O5S. The Kier molecular flexibility index (Phi) is 7.61. The maximum atomic E-state index is 12.4. The molecule has 8 nitrogen and oxygen atoms in total. The van der Waals surface area contributed by atoms with Crippen LogP contribution < -0.4 is 15.8 Å². The zero-order valence-electron chi connectivity index (χ0n) is 14.4. The summed E-state index contributed by atoms with van der Waals surface area (Å²) in [6.45, 7) is 2.31. The molecule has 24 heavy (non-hydrogen) atoms. The highest BCUT2D eigenvalue weighted by molar-refractivity contribution is 7.89. The summed E-state index contributed by atoms with van der Waals surface area (Å²) in [5.74, 6) is -0.0782. The monoisotopic (exact) mass is 359 g/mol. The number of nitrogens with one attached hydrogen (secondary N) is 1. The second-order valence-corrected chi connectivity index (χ2v) is 7.35. The fourth-order valence-electron chi connectivity index (χ4n) is 1.94. The smallest absolute Gasteiger partial charge is 0.246 e. The molecule has 1 aromatic carbocycles. The molecule has 9 heteroatoms. The largest absolute Gasteiger partial charge is 0.492 e. The zero-order valence-corrected chi connectivity index (χ0v) is 15.2. The summed E-state index contributed by atoms with van der Waals surface area (Å²) in [5, 5.41) is 2.65. The van der Waals surface area contributed by atoms with Crippen molar-refractivity contribution >= 4 is 21.6 Å². The maximum Gasteiger partial charge on any atom is 0.246 e. The molecule has 0 aliphatic carbocycles. The number of amides is 1. The van der Waals surface area contributed by atoms with Crippen LogP contribution in [0.4, 0.5) is 5.69 Å². The second kappa shape index (κ2) is 8.97. The molecule has 1 rings (SSSR count). The quantitative estimate of drug-likeness (QED) is 0.669. The topological polar surface area (TPSA) is 111 Å². The van der Waals surface area contributed by atoms with Crippen molar-refractivity contribution in [2.24, 2.45) is 5.73 Å². The van der Waals surface area contributed by atoms with Crippen molar-refractivity contribution in [2.45, 2.75) is 24.3 Å². The number of ether oxygens (including phenoxy) is 2. The van der Waals surface area contributed by atoms with Crippen molar-refractivity contribution < 1.29 is 22.7 Å². The molecule has 0 bridgehead atoms. The molecule has 0 spiro atoms. The van der Waals surface area contributed by atoms with Crippen molar-refractivity contribution in [3.8, 4) is 5.75 Å². The number of carbonyl (C=O) groups excluding carboxylic acids is 1. The lowest BCUT2D eigenvalue weighted by molar-refractivity contribution is -0.118. The van der Waals surface area contributed by atoms with Gasteiger partial charge in [0, 0.05) is 33.4 Å². The van der Waals surface area contributed by atoms with E-state index in [1.54, 1.807) is 13.0 Å². The Morgan fingerprint density at radius 1 is 1.38 bits per heavy atom. The van der Waals surface area contributed by atoms with E-state index < -0.39 is 16.1 Å². The molecule has 1 aromatic rings. The lowest BCUT2D eigenvalue weighted by Crippen LogP contribution is -2.28. The van der Waals surface area contributed by atoms with E-state index in [0.717, 1.165) is 4.31 Å². The Balaban J connectivity index is 3.09. The summed E-state index contributed by atoms with van der Waals surface area (Å²) in [5.41, 5.74) is 5.84. The molecule has 0 aliphatic rings. The summed E-state index contributed by atoms with van der Waals surface area (Å²) in [6.07, 6.45) is -0.312.